The van der Waals surface area contributed by atoms with E-state index in [4.69, 9.17) is 4.74 Å². The molecule has 1 heterocycles. The zero-order chi connectivity index (χ0) is 7.68. The molecule has 1 aliphatic carbocycles. The van der Waals surface area contributed by atoms with Crippen molar-refractivity contribution in [1.82, 2.24) is 0 Å². The van der Waals surface area contributed by atoms with Gasteiger partial charge in [0.1, 0.15) is 5.76 Å². The number of ether oxygens (including phenoxy) is 1. The van der Waals surface area contributed by atoms with E-state index in [-0.39, 0.29) is 6.10 Å². The molecule has 1 saturated heterocycles. The van der Waals surface area contributed by atoms with Crippen LogP contribution in [0.2, 0.25) is 0 Å². The molecular formula is C9H10O2. The molecular weight excluding hydrogens is 140 g/mol. The van der Waals surface area contributed by atoms with E-state index in [1.165, 1.54) is 0 Å². The molecule has 2 nitrogen and oxygen atoms in total. The van der Waals surface area contributed by atoms with Gasteiger partial charge in [0.25, 0.3) is 0 Å². The molecule has 0 aromatic carbocycles. The highest BCUT2D eigenvalue weighted by atomic mass is 16.5. The number of carbonyl (C=O) groups is 1. The zero-order valence-electron chi connectivity index (χ0n) is 6.19. The molecule has 0 radical (unpaired) electrons. The van der Waals surface area contributed by atoms with Crippen molar-refractivity contribution in [3.8, 4) is 0 Å². The number of carbonyl (C=O) groups excluding carboxylic acids is 1. The Morgan fingerprint density at radius 3 is 3.27 bits per heavy atom. The Balaban J connectivity index is 2.14. The molecule has 2 aliphatic rings. The zero-order valence-corrected chi connectivity index (χ0v) is 6.19. The summed E-state index contributed by atoms with van der Waals surface area (Å²) in [6, 6.07) is 0. The van der Waals surface area contributed by atoms with Crippen molar-refractivity contribution in [3.63, 3.8) is 0 Å². The fraction of sp³-hybridized carbons (Fsp3) is 0.444. The largest absolute Gasteiger partial charge is 0.487 e. The lowest BCUT2D eigenvalue weighted by atomic mass is 9.96. The number of aldehydes is 1. The Kier molecular flexibility index (Phi) is 1.53. The van der Waals surface area contributed by atoms with Gasteiger partial charge in [-0.2, -0.15) is 0 Å². The third-order valence-electron chi connectivity index (χ3n) is 2.18. The monoisotopic (exact) mass is 150 g/mol. The van der Waals surface area contributed by atoms with E-state index >= 15 is 0 Å². The van der Waals surface area contributed by atoms with E-state index in [1.54, 1.807) is 0 Å². The summed E-state index contributed by atoms with van der Waals surface area (Å²) >= 11 is 0. The van der Waals surface area contributed by atoms with E-state index in [1.807, 2.05) is 12.2 Å². The van der Waals surface area contributed by atoms with Gasteiger partial charge in [-0.25, -0.2) is 0 Å². The van der Waals surface area contributed by atoms with Gasteiger partial charge in [0.2, 0.25) is 0 Å². The van der Waals surface area contributed by atoms with Gasteiger partial charge in [-0.05, 0) is 12.5 Å². The van der Waals surface area contributed by atoms with Crippen molar-refractivity contribution in [2.75, 3.05) is 0 Å². The standard InChI is InChI=1S/C9H10O2/c10-6-8-5-7-3-1-2-4-9(7)11-8/h1-2,4,6-8H,3,5H2. The molecule has 2 atom stereocenters. The van der Waals surface area contributed by atoms with Gasteiger partial charge in [0.05, 0.1) is 0 Å². The third-order valence-corrected chi connectivity index (χ3v) is 2.18. The third kappa shape index (κ3) is 1.09. The molecule has 2 rings (SSSR count). The number of rotatable bonds is 1. The average Bonchev–Trinajstić information content (AvgIpc) is 2.46. The van der Waals surface area contributed by atoms with Crippen LogP contribution in [0.1, 0.15) is 12.8 Å². The molecule has 58 valence electrons. The van der Waals surface area contributed by atoms with Crippen molar-refractivity contribution >= 4 is 6.29 Å². The molecule has 0 spiro atoms. The van der Waals surface area contributed by atoms with Gasteiger partial charge < -0.3 is 4.74 Å². The summed E-state index contributed by atoms with van der Waals surface area (Å²) in [5.41, 5.74) is 0. The number of fused-ring (bicyclic) bond motifs is 1. The maximum absolute atomic E-state index is 10.4. The van der Waals surface area contributed by atoms with Gasteiger partial charge in [0, 0.05) is 12.3 Å². The maximum atomic E-state index is 10.4. The van der Waals surface area contributed by atoms with Crippen molar-refractivity contribution in [1.29, 1.82) is 0 Å². The van der Waals surface area contributed by atoms with Gasteiger partial charge in [-0.3, -0.25) is 4.79 Å². The Morgan fingerprint density at radius 2 is 2.55 bits per heavy atom. The number of hydrogen-bond donors (Lipinski definition) is 0. The van der Waals surface area contributed by atoms with Crippen LogP contribution in [-0.4, -0.2) is 12.4 Å². The molecule has 1 fully saturated rings. The minimum absolute atomic E-state index is 0.189. The summed E-state index contributed by atoms with van der Waals surface area (Å²) in [6.07, 6.45) is 8.64. The quantitative estimate of drug-likeness (QED) is 0.528. The summed E-state index contributed by atoms with van der Waals surface area (Å²) in [4.78, 5) is 10.4. The Labute approximate surface area is 65.5 Å². The van der Waals surface area contributed by atoms with E-state index < -0.39 is 0 Å². The molecule has 0 aromatic heterocycles. The lowest BCUT2D eigenvalue weighted by molar-refractivity contribution is -0.114. The summed E-state index contributed by atoms with van der Waals surface area (Å²) < 4.78 is 5.36. The van der Waals surface area contributed by atoms with E-state index in [0.717, 1.165) is 24.9 Å². The molecule has 0 aromatic rings. The van der Waals surface area contributed by atoms with Crippen LogP contribution in [0.25, 0.3) is 0 Å². The SMILES string of the molecule is O=CC1CC2CC=CC=C2O1. The predicted octanol–water partition coefficient (Wildman–Crippen LogP) is 1.43. The van der Waals surface area contributed by atoms with Crippen molar-refractivity contribution in [2.24, 2.45) is 5.92 Å². The number of allylic oxidation sites excluding steroid dienone is 4. The van der Waals surface area contributed by atoms with E-state index in [0.29, 0.717) is 5.92 Å². The lowest BCUT2D eigenvalue weighted by Gasteiger charge is -2.08. The minimum atomic E-state index is -0.189. The first-order valence-electron chi connectivity index (χ1n) is 3.89. The fourth-order valence-electron chi connectivity index (χ4n) is 1.59. The highest BCUT2D eigenvalue weighted by Crippen LogP contribution is 2.33. The first-order chi connectivity index (χ1) is 5.40. The average molecular weight is 150 g/mol. The van der Waals surface area contributed by atoms with Crippen LogP contribution < -0.4 is 0 Å². The summed E-state index contributed by atoms with van der Waals surface area (Å²) in [6.45, 7) is 0. The Hall–Kier alpha value is -1.05. The maximum Gasteiger partial charge on any atom is 0.160 e. The molecule has 0 bridgehead atoms. The van der Waals surface area contributed by atoms with E-state index in [9.17, 15) is 4.79 Å². The summed E-state index contributed by atoms with van der Waals surface area (Å²) in [7, 11) is 0. The summed E-state index contributed by atoms with van der Waals surface area (Å²) in [5.74, 6) is 1.46. The lowest BCUT2D eigenvalue weighted by Crippen LogP contribution is -2.04. The van der Waals surface area contributed by atoms with Crippen LogP contribution in [0.4, 0.5) is 0 Å². The Morgan fingerprint density at radius 1 is 1.64 bits per heavy atom. The van der Waals surface area contributed by atoms with Crippen molar-refractivity contribution in [2.45, 2.75) is 18.9 Å². The highest BCUT2D eigenvalue weighted by molar-refractivity contribution is 5.57. The van der Waals surface area contributed by atoms with Gasteiger partial charge in [-0.15, -0.1) is 0 Å². The Bertz CT molecular complexity index is 228. The van der Waals surface area contributed by atoms with Crippen molar-refractivity contribution < 1.29 is 9.53 Å². The van der Waals surface area contributed by atoms with Crippen LogP contribution in [0.3, 0.4) is 0 Å². The van der Waals surface area contributed by atoms with Crippen LogP contribution in [0.15, 0.2) is 24.0 Å². The van der Waals surface area contributed by atoms with Crippen LogP contribution >= 0.6 is 0 Å². The summed E-state index contributed by atoms with van der Waals surface area (Å²) in [5, 5.41) is 0. The highest BCUT2D eigenvalue weighted by Gasteiger charge is 2.30. The molecule has 0 saturated carbocycles. The first kappa shape index (κ1) is 6.65. The van der Waals surface area contributed by atoms with Gasteiger partial charge >= 0.3 is 0 Å². The van der Waals surface area contributed by atoms with Crippen LogP contribution in [-0.2, 0) is 9.53 Å². The second kappa shape index (κ2) is 2.53. The predicted molar refractivity (Wildman–Crippen MR) is 40.9 cm³/mol. The molecule has 2 heteroatoms. The molecule has 11 heavy (non-hydrogen) atoms. The molecule has 0 amide bonds. The van der Waals surface area contributed by atoms with E-state index in [2.05, 4.69) is 6.08 Å². The minimum Gasteiger partial charge on any atom is -0.487 e. The van der Waals surface area contributed by atoms with Gasteiger partial charge in [0.15, 0.2) is 12.4 Å². The molecule has 1 aliphatic heterocycles. The normalized spacial score (nSPS) is 34.0. The fourth-order valence-corrected chi connectivity index (χ4v) is 1.59. The first-order valence-corrected chi connectivity index (χ1v) is 3.89. The van der Waals surface area contributed by atoms with Gasteiger partial charge in [-0.1, -0.05) is 12.2 Å². The molecule has 0 N–H and O–H groups in total. The second-order valence-electron chi connectivity index (χ2n) is 2.96. The second-order valence-corrected chi connectivity index (χ2v) is 2.96. The van der Waals surface area contributed by atoms with Crippen molar-refractivity contribution in [3.05, 3.63) is 24.0 Å². The van der Waals surface area contributed by atoms with Crippen LogP contribution in [0, 0.1) is 5.92 Å². The smallest absolute Gasteiger partial charge is 0.160 e. The topological polar surface area (TPSA) is 26.3 Å². The number of hydrogen-bond acceptors (Lipinski definition) is 2. The van der Waals surface area contributed by atoms with Crippen LogP contribution in [0.5, 0.6) is 0 Å². The molecule has 2 unspecified atom stereocenters.